The first-order valence-corrected chi connectivity index (χ1v) is 14.0. The van der Waals surface area contributed by atoms with Crippen LogP contribution >= 0.6 is 0 Å². The van der Waals surface area contributed by atoms with Crippen LogP contribution in [0, 0.1) is 17.3 Å². The van der Waals surface area contributed by atoms with Crippen LogP contribution in [-0.2, 0) is 19.7 Å². The van der Waals surface area contributed by atoms with E-state index in [1.54, 1.807) is 18.3 Å². The molecule has 1 N–H and O–H groups in total. The lowest BCUT2D eigenvalue weighted by Crippen LogP contribution is -2.46. The fourth-order valence-corrected chi connectivity index (χ4v) is 7.96. The highest BCUT2D eigenvalue weighted by Gasteiger charge is 2.52. The number of rotatable bonds is 7. The second kappa shape index (κ2) is 9.79. The average molecular weight is 496 g/mol. The maximum Gasteiger partial charge on any atom is 0.310 e. The molecule has 5 heteroatoms. The summed E-state index contributed by atoms with van der Waals surface area (Å²) < 4.78 is 17.5. The van der Waals surface area contributed by atoms with E-state index >= 15 is 0 Å². The van der Waals surface area contributed by atoms with Gasteiger partial charge in [-0.15, -0.1) is 0 Å². The molecule has 1 saturated carbocycles. The maximum absolute atomic E-state index is 13.0. The van der Waals surface area contributed by atoms with E-state index in [0.29, 0.717) is 12.5 Å². The topological polar surface area (TPSA) is 56.8 Å². The van der Waals surface area contributed by atoms with Crippen LogP contribution in [0.4, 0.5) is 0 Å². The molecule has 5 rings (SSSR count). The molecule has 0 aromatic heterocycles. The number of fused-ring (bicyclic) bond motifs is 2. The van der Waals surface area contributed by atoms with E-state index in [2.05, 4.69) is 57.3 Å². The number of carbonyl (C=O) groups is 1. The van der Waals surface area contributed by atoms with Crippen LogP contribution in [0.25, 0.3) is 0 Å². The minimum Gasteiger partial charge on any atom is -0.497 e. The quantitative estimate of drug-likeness (QED) is 0.287. The van der Waals surface area contributed by atoms with Gasteiger partial charge in [-0.05, 0) is 102 Å². The Morgan fingerprint density at radius 3 is 2.64 bits per heavy atom. The molecule has 2 aliphatic carbocycles. The molecular weight excluding hydrogens is 450 g/mol. The van der Waals surface area contributed by atoms with Gasteiger partial charge in [0.05, 0.1) is 18.6 Å². The van der Waals surface area contributed by atoms with Crippen molar-refractivity contribution in [1.82, 2.24) is 5.32 Å². The number of esters is 1. The Balaban J connectivity index is 1.25. The van der Waals surface area contributed by atoms with Gasteiger partial charge < -0.3 is 19.5 Å². The van der Waals surface area contributed by atoms with E-state index in [1.807, 2.05) is 0 Å². The van der Waals surface area contributed by atoms with E-state index in [1.165, 1.54) is 24.8 Å². The molecule has 5 atom stereocenters. The normalized spacial score (nSPS) is 35.7. The summed E-state index contributed by atoms with van der Waals surface area (Å²) in [5, 5.41) is 3.69. The molecule has 1 aromatic rings. The standard InChI is InChI=1S/C31H45NO4/c1-21-7-6-12-30(4)18-27-24(17-26(21)30)25(28(33)36-27)19-32-15-13-31(14-16-35-29(2,3)20-31)22-8-10-23(34-5)11-9-22/h8-11,24-25,27,32H,6-7,12-20H2,1-5H3/t24-,25+,27+,30+,31+/m0/s1. The van der Waals surface area contributed by atoms with Gasteiger partial charge in [-0.1, -0.05) is 30.2 Å². The van der Waals surface area contributed by atoms with Crippen molar-refractivity contribution in [3.63, 3.8) is 0 Å². The Bertz CT molecular complexity index is 998. The van der Waals surface area contributed by atoms with Crippen LogP contribution in [0.15, 0.2) is 35.4 Å². The minimum absolute atomic E-state index is 0.00932. The van der Waals surface area contributed by atoms with Gasteiger partial charge in [0, 0.05) is 24.5 Å². The highest BCUT2D eigenvalue weighted by Crippen LogP contribution is 2.55. The summed E-state index contributed by atoms with van der Waals surface area (Å²) in [5.74, 6) is 1.18. The third-order valence-corrected chi connectivity index (χ3v) is 9.86. The van der Waals surface area contributed by atoms with Crippen molar-refractivity contribution < 1.29 is 19.0 Å². The van der Waals surface area contributed by atoms with E-state index in [9.17, 15) is 4.79 Å². The summed E-state index contributed by atoms with van der Waals surface area (Å²) in [5.41, 5.74) is 4.68. The van der Waals surface area contributed by atoms with Crippen LogP contribution in [0.5, 0.6) is 5.75 Å². The van der Waals surface area contributed by atoms with Crippen molar-refractivity contribution in [3.05, 3.63) is 41.0 Å². The smallest absolute Gasteiger partial charge is 0.310 e. The van der Waals surface area contributed by atoms with E-state index < -0.39 is 0 Å². The summed E-state index contributed by atoms with van der Waals surface area (Å²) in [4.78, 5) is 13.0. The number of nitrogens with one attached hydrogen (secondary N) is 1. The van der Waals surface area contributed by atoms with Gasteiger partial charge >= 0.3 is 5.97 Å². The number of ether oxygens (including phenoxy) is 3. The largest absolute Gasteiger partial charge is 0.497 e. The van der Waals surface area contributed by atoms with Gasteiger partial charge in [0.15, 0.2) is 0 Å². The van der Waals surface area contributed by atoms with Crippen LogP contribution in [-0.4, -0.2) is 44.5 Å². The molecule has 36 heavy (non-hydrogen) atoms. The fourth-order valence-electron chi connectivity index (χ4n) is 7.96. The average Bonchev–Trinajstić information content (AvgIpc) is 3.13. The lowest BCUT2D eigenvalue weighted by atomic mass is 9.59. The molecule has 0 amide bonds. The zero-order valence-electron chi connectivity index (χ0n) is 23.0. The first-order chi connectivity index (χ1) is 17.1. The zero-order valence-corrected chi connectivity index (χ0v) is 23.0. The van der Waals surface area contributed by atoms with Crippen LogP contribution < -0.4 is 10.1 Å². The summed E-state index contributed by atoms with van der Waals surface area (Å²) in [6, 6.07) is 8.58. The molecule has 0 radical (unpaired) electrons. The van der Waals surface area contributed by atoms with Crippen LogP contribution in [0.3, 0.4) is 0 Å². The summed E-state index contributed by atoms with van der Waals surface area (Å²) in [6.45, 7) is 11.5. The molecule has 2 aliphatic heterocycles. The van der Waals surface area contributed by atoms with Crippen molar-refractivity contribution in [3.8, 4) is 5.75 Å². The fraction of sp³-hybridized carbons (Fsp3) is 0.710. The molecule has 2 saturated heterocycles. The van der Waals surface area contributed by atoms with Gasteiger partial charge in [-0.2, -0.15) is 0 Å². The SMILES string of the molecule is COc1ccc([C@]2(CCNC[C@H]3C(=O)O[C@@H]4C[C@@]5(C)CCCC(C)=C5C[C@H]43)CCOC(C)(C)C2)cc1. The zero-order chi connectivity index (χ0) is 25.6. The summed E-state index contributed by atoms with van der Waals surface area (Å²) >= 11 is 0. The van der Waals surface area contributed by atoms with Crippen molar-refractivity contribution in [2.24, 2.45) is 17.3 Å². The lowest BCUT2D eigenvalue weighted by Gasteiger charge is -2.46. The predicted molar refractivity (Wildman–Crippen MR) is 142 cm³/mol. The van der Waals surface area contributed by atoms with Crippen LogP contribution in [0.1, 0.15) is 84.6 Å². The van der Waals surface area contributed by atoms with Gasteiger partial charge in [0.25, 0.3) is 0 Å². The van der Waals surface area contributed by atoms with Crippen LogP contribution in [0.2, 0.25) is 0 Å². The van der Waals surface area contributed by atoms with Gasteiger partial charge in [-0.25, -0.2) is 0 Å². The van der Waals surface area contributed by atoms with E-state index in [0.717, 1.165) is 51.0 Å². The molecule has 2 heterocycles. The molecule has 4 aliphatic rings. The predicted octanol–water partition coefficient (Wildman–Crippen LogP) is 5.96. The van der Waals surface area contributed by atoms with Crippen molar-refractivity contribution in [2.75, 3.05) is 26.8 Å². The van der Waals surface area contributed by atoms with Gasteiger partial charge in [-0.3, -0.25) is 4.79 Å². The lowest BCUT2D eigenvalue weighted by molar-refractivity contribution is -0.145. The van der Waals surface area contributed by atoms with Gasteiger partial charge in [0.2, 0.25) is 0 Å². The summed E-state index contributed by atoms with van der Waals surface area (Å²) in [6.07, 6.45) is 8.84. The van der Waals surface area contributed by atoms with E-state index in [-0.39, 0.29) is 34.4 Å². The Kier molecular flexibility index (Phi) is 7.01. The molecule has 0 unspecified atom stereocenters. The van der Waals surface area contributed by atoms with Gasteiger partial charge in [0.1, 0.15) is 11.9 Å². The first-order valence-electron chi connectivity index (χ1n) is 14.0. The van der Waals surface area contributed by atoms with Crippen molar-refractivity contribution in [1.29, 1.82) is 0 Å². The first kappa shape index (κ1) is 25.8. The maximum atomic E-state index is 13.0. The molecule has 5 nitrogen and oxygen atoms in total. The number of benzene rings is 1. The summed E-state index contributed by atoms with van der Waals surface area (Å²) in [7, 11) is 1.71. The van der Waals surface area contributed by atoms with E-state index in [4.69, 9.17) is 14.2 Å². The molecule has 1 aromatic carbocycles. The highest BCUT2D eigenvalue weighted by atomic mass is 16.6. The second-order valence-corrected chi connectivity index (χ2v) is 12.8. The molecule has 198 valence electrons. The number of carbonyl (C=O) groups excluding carboxylic acids is 1. The molecule has 0 spiro atoms. The number of hydrogen-bond donors (Lipinski definition) is 1. The van der Waals surface area contributed by atoms with Crippen molar-refractivity contribution >= 4 is 5.97 Å². The number of hydrogen-bond acceptors (Lipinski definition) is 5. The van der Waals surface area contributed by atoms with Crippen molar-refractivity contribution in [2.45, 2.75) is 96.2 Å². The Morgan fingerprint density at radius 2 is 1.92 bits per heavy atom. The third kappa shape index (κ3) is 4.86. The second-order valence-electron chi connectivity index (χ2n) is 12.8. The number of allylic oxidation sites excluding steroid dienone is 2. The molecule has 0 bridgehead atoms. The Morgan fingerprint density at radius 1 is 1.14 bits per heavy atom. The third-order valence-electron chi connectivity index (χ3n) is 9.86. The monoisotopic (exact) mass is 495 g/mol. The number of methoxy groups -OCH3 is 1. The molecular formula is C31H45NO4. The molecule has 3 fully saturated rings. The Labute approximate surface area is 217 Å². The minimum atomic E-state index is -0.152. The highest BCUT2D eigenvalue weighted by molar-refractivity contribution is 5.76. The Hall–Kier alpha value is -1.85.